The Bertz CT molecular complexity index is 1000. The highest BCUT2D eigenvalue weighted by Crippen LogP contribution is 2.34. The van der Waals surface area contributed by atoms with E-state index in [-0.39, 0.29) is 17.7 Å². The van der Waals surface area contributed by atoms with Crippen LogP contribution in [-0.2, 0) is 4.79 Å². The highest BCUT2D eigenvalue weighted by molar-refractivity contribution is 7.18. The molecule has 0 bridgehead atoms. The summed E-state index contributed by atoms with van der Waals surface area (Å²) < 4.78 is 1.24. The van der Waals surface area contributed by atoms with Gasteiger partial charge < -0.3 is 9.80 Å². The lowest BCUT2D eigenvalue weighted by Crippen LogP contribution is -2.48. The minimum absolute atomic E-state index is 0.0667. The van der Waals surface area contributed by atoms with Crippen molar-refractivity contribution >= 4 is 44.7 Å². The van der Waals surface area contributed by atoms with Crippen LogP contribution in [0.5, 0.6) is 0 Å². The first-order valence-corrected chi connectivity index (χ1v) is 12.4. The maximum absolute atomic E-state index is 13.2. The van der Waals surface area contributed by atoms with Gasteiger partial charge in [-0.2, -0.15) is 0 Å². The van der Waals surface area contributed by atoms with Crippen LogP contribution in [0, 0.1) is 5.92 Å². The number of rotatable bonds is 3. The average molecular weight is 440 g/mol. The third kappa shape index (κ3) is 3.88. The van der Waals surface area contributed by atoms with Crippen molar-refractivity contribution in [1.82, 2.24) is 14.8 Å². The number of amides is 2. The van der Waals surface area contributed by atoms with Gasteiger partial charge in [-0.1, -0.05) is 18.2 Å². The minimum Gasteiger partial charge on any atom is -0.342 e. The molecule has 2 saturated heterocycles. The molecule has 2 fully saturated rings. The van der Waals surface area contributed by atoms with Crippen LogP contribution in [0.3, 0.4) is 0 Å². The van der Waals surface area contributed by atoms with Gasteiger partial charge in [0, 0.05) is 32.1 Å². The Balaban J connectivity index is 1.19. The fraction of sp³-hybridized carbons (Fsp3) is 0.435. The molecule has 0 spiro atoms. The van der Waals surface area contributed by atoms with Gasteiger partial charge in [0.1, 0.15) is 0 Å². The molecule has 0 aliphatic carbocycles. The molecule has 5 nitrogen and oxygen atoms in total. The van der Waals surface area contributed by atoms with E-state index in [1.807, 2.05) is 33.4 Å². The van der Waals surface area contributed by atoms with Crippen molar-refractivity contribution in [2.24, 2.45) is 5.92 Å². The molecular weight excluding hydrogens is 414 g/mol. The summed E-state index contributed by atoms with van der Waals surface area (Å²) in [5, 5.41) is 3.13. The zero-order chi connectivity index (χ0) is 20.5. The zero-order valence-electron chi connectivity index (χ0n) is 16.8. The number of likely N-dealkylation sites (tertiary alicyclic amines) is 2. The summed E-state index contributed by atoms with van der Waals surface area (Å²) in [6.45, 7) is 2.87. The van der Waals surface area contributed by atoms with E-state index < -0.39 is 0 Å². The first-order valence-electron chi connectivity index (χ1n) is 10.7. The molecule has 1 atom stereocenters. The van der Waals surface area contributed by atoms with E-state index in [1.54, 1.807) is 11.3 Å². The average Bonchev–Trinajstić information content (AvgIpc) is 3.48. The van der Waals surface area contributed by atoms with Crippen LogP contribution in [0.1, 0.15) is 46.3 Å². The van der Waals surface area contributed by atoms with Crippen molar-refractivity contribution in [2.75, 3.05) is 26.2 Å². The molecule has 2 aromatic heterocycles. The third-order valence-corrected chi connectivity index (χ3v) is 8.31. The van der Waals surface area contributed by atoms with Gasteiger partial charge in [-0.05, 0) is 49.3 Å². The Kier molecular flexibility index (Phi) is 5.56. The highest BCUT2D eigenvalue weighted by Gasteiger charge is 2.34. The van der Waals surface area contributed by atoms with Gasteiger partial charge in [0.15, 0.2) is 0 Å². The number of para-hydroxylation sites is 1. The van der Waals surface area contributed by atoms with Crippen molar-refractivity contribution in [3.63, 3.8) is 0 Å². The number of fused-ring (bicyclic) bond motifs is 1. The van der Waals surface area contributed by atoms with Crippen LogP contribution < -0.4 is 0 Å². The quantitative estimate of drug-likeness (QED) is 0.599. The molecule has 3 aromatic rings. The second-order valence-corrected chi connectivity index (χ2v) is 10.2. The Morgan fingerprint density at radius 2 is 1.80 bits per heavy atom. The lowest BCUT2D eigenvalue weighted by Gasteiger charge is -2.37. The molecular formula is C23H25N3O2S2. The fourth-order valence-corrected chi connectivity index (χ4v) is 6.42. The van der Waals surface area contributed by atoms with Crippen LogP contribution in [0.25, 0.3) is 10.2 Å². The molecule has 2 amide bonds. The molecule has 0 saturated carbocycles. The molecule has 4 heterocycles. The van der Waals surface area contributed by atoms with E-state index >= 15 is 0 Å². The zero-order valence-corrected chi connectivity index (χ0v) is 18.5. The molecule has 0 radical (unpaired) electrons. The summed E-state index contributed by atoms with van der Waals surface area (Å²) in [7, 11) is 0. The molecule has 7 heteroatoms. The molecule has 156 valence electrons. The summed E-state index contributed by atoms with van der Waals surface area (Å²) in [6, 6.07) is 12.1. The van der Waals surface area contributed by atoms with Crippen LogP contribution in [0.2, 0.25) is 0 Å². The molecule has 30 heavy (non-hydrogen) atoms. The second kappa shape index (κ2) is 8.47. The van der Waals surface area contributed by atoms with E-state index in [9.17, 15) is 9.59 Å². The van der Waals surface area contributed by atoms with Gasteiger partial charge in [-0.25, -0.2) is 4.98 Å². The summed E-state index contributed by atoms with van der Waals surface area (Å²) in [4.78, 5) is 35.3. The highest BCUT2D eigenvalue weighted by atomic mass is 32.1. The molecule has 2 aliphatic heterocycles. The number of benzene rings is 1. The molecule has 0 N–H and O–H groups in total. The van der Waals surface area contributed by atoms with Crippen molar-refractivity contribution < 1.29 is 9.59 Å². The number of hydrogen-bond acceptors (Lipinski definition) is 5. The standard InChI is InChI=1S/C23H25N3O2S2/c27-22(17-5-3-11-26(15-17)23(28)20-8-4-14-29-20)25-12-9-16(10-13-25)21-24-18-6-1-2-7-19(18)30-21/h1-2,4,6-8,14,16-17H,3,5,9-13,15H2. The number of piperidine rings is 2. The van der Waals surface area contributed by atoms with Gasteiger partial charge in [0.05, 0.1) is 26.0 Å². The smallest absolute Gasteiger partial charge is 0.263 e. The third-order valence-electron chi connectivity index (χ3n) is 6.26. The predicted octanol–water partition coefficient (Wildman–Crippen LogP) is 4.62. The first-order chi connectivity index (χ1) is 14.7. The monoisotopic (exact) mass is 439 g/mol. The van der Waals surface area contributed by atoms with Crippen LogP contribution >= 0.6 is 22.7 Å². The topological polar surface area (TPSA) is 53.5 Å². The van der Waals surface area contributed by atoms with Crippen molar-refractivity contribution in [3.05, 3.63) is 51.7 Å². The van der Waals surface area contributed by atoms with Gasteiger partial charge >= 0.3 is 0 Å². The van der Waals surface area contributed by atoms with Gasteiger partial charge in [0.2, 0.25) is 5.91 Å². The minimum atomic E-state index is -0.0679. The van der Waals surface area contributed by atoms with Crippen molar-refractivity contribution in [2.45, 2.75) is 31.6 Å². The largest absolute Gasteiger partial charge is 0.342 e. The van der Waals surface area contributed by atoms with Crippen LogP contribution in [-0.4, -0.2) is 52.8 Å². The maximum atomic E-state index is 13.2. The van der Waals surface area contributed by atoms with E-state index in [0.29, 0.717) is 12.5 Å². The lowest BCUT2D eigenvalue weighted by molar-refractivity contribution is -0.138. The van der Waals surface area contributed by atoms with E-state index in [0.717, 1.165) is 55.7 Å². The Hall–Kier alpha value is -2.25. The predicted molar refractivity (Wildman–Crippen MR) is 121 cm³/mol. The van der Waals surface area contributed by atoms with Crippen molar-refractivity contribution in [1.29, 1.82) is 0 Å². The number of hydrogen-bond donors (Lipinski definition) is 0. The summed E-state index contributed by atoms with van der Waals surface area (Å²) in [6.07, 6.45) is 3.72. The Morgan fingerprint density at radius 3 is 2.57 bits per heavy atom. The molecule has 1 unspecified atom stereocenters. The van der Waals surface area contributed by atoms with E-state index in [1.165, 1.54) is 21.0 Å². The number of thiophene rings is 1. The van der Waals surface area contributed by atoms with Gasteiger partial charge in [-0.3, -0.25) is 9.59 Å². The van der Waals surface area contributed by atoms with E-state index in [2.05, 4.69) is 18.2 Å². The SMILES string of the molecule is O=C(c1cccs1)N1CCCC(C(=O)N2CCC(c3nc4ccccc4s3)CC2)C1. The lowest BCUT2D eigenvalue weighted by atomic mass is 9.93. The Morgan fingerprint density at radius 1 is 0.967 bits per heavy atom. The summed E-state index contributed by atoms with van der Waals surface area (Å²) in [5.74, 6) is 0.662. The number of nitrogens with zero attached hydrogens (tertiary/aromatic N) is 3. The number of carbonyl (C=O) groups is 2. The summed E-state index contributed by atoms with van der Waals surface area (Å²) in [5.41, 5.74) is 1.08. The number of aromatic nitrogens is 1. The fourth-order valence-electron chi connectivity index (χ4n) is 4.59. The molecule has 1 aromatic carbocycles. The molecule has 2 aliphatic rings. The van der Waals surface area contributed by atoms with Crippen molar-refractivity contribution in [3.8, 4) is 0 Å². The normalized spacial score (nSPS) is 20.6. The Labute approximate surface area is 184 Å². The van der Waals surface area contributed by atoms with Crippen LogP contribution in [0.15, 0.2) is 41.8 Å². The van der Waals surface area contributed by atoms with E-state index in [4.69, 9.17) is 4.98 Å². The van der Waals surface area contributed by atoms with Crippen LogP contribution in [0.4, 0.5) is 0 Å². The first kappa shape index (κ1) is 19.7. The maximum Gasteiger partial charge on any atom is 0.263 e. The van der Waals surface area contributed by atoms with Gasteiger partial charge in [0.25, 0.3) is 5.91 Å². The second-order valence-electron chi connectivity index (χ2n) is 8.19. The summed E-state index contributed by atoms with van der Waals surface area (Å²) >= 11 is 3.26. The van der Waals surface area contributed by atoms with Gasteiger partial charge in [-0.15, -0.1) is 22.7 Å². The number of thiazole rings is 1. The molecule has 5 rings (SSSR count). The number of carbonyl (C=O) groups excluding carboxylic acids is 2.